The summed E-state index contributed by atoms with van der Waals surface area (Å²) in [6, 6.07) is 76.4. The fourth-order valence-corrected chi connectivity index (χ4v) is 17.4. The van der Waals surface area contributed by atoms with Crippen molar-refractivity contribution >= 4 is 80.0 Å². The van der Waals surface area contributed by atoms with Gasteiger partial charge in [-0.15, -0.1) is 0 Å². The van der Waals surface area contributed by atoms with E-state index >= 15 is 0 Å². The minimum atomic E-state index is -0.181. The Labute approximate surface area is 520 Å². The van der Waals surface area contributed by atoms with E-state index in [0.717, 1.165) is 24.9 Å². The van der Waals surface area contributed by atoms with E-state index in [2.05, 4.69) is 304 Å². The highest BCUT2D eigenvalue weighted by Gasteiger charge is 2.60. The van der Waals surface area contributed by atoms with Gasteiger partial charge in [-0.05, 0) is 195 Å². The summed E-state index contributed by atoms with van der Waals surface area (Å²) in [5.74, 6) is 0. The van der Waals surface area contributed by atoms with Crippen molar-refractivity contribution in [2.24, 2.45) is 0 Å². The Morgan fingerprint density at radius 2 is 0.782 bits per heavy atom. The van der Waals surface area contributed by atoms with E-state index in [1.807, 2.05) is 0 Å². The molecule has 2 saturated carbocycles. The second-order valence-corrected chi connectivity index (χ2v) is 30.9. The van der Waals surface area contributed by atoms with Crippen LogP contribution in [0.15, 0.2) is 194 Å². The lowest BCUT2D eigenvalue weighted by Crippen LogP contribution is -2.62. The molecular weight excluding hydrogens is 1050 g/mol. The molecule has 2 aliphatic carbocycles. The number of rotatable bonds is 6. The monoisotopic (exact) mass is 1140 g/mol. The predicted molar refractivity (Wildman–Crippen MR) is 373 cm³/mol. The van der Waals surface area contributed by atoms with Crippen LogP contribution < -0.4 is 36.0 Å². The van der Waals surface area contributed by atoms with Crippen molar-refractivity contribution in [3.05, 3.63) is 222 Å². The molecule has 4 nitrogen and oxygen atoms in total. The zero-order valence-electron chi connectivity index (χ0n) is 54.0. The molecule has 4 unspecified atom stereocenters. The molecule has 4 aliphatic heterocycles. The molecule has 0 amide bonds. The summed E-state index contributed by atoms with van der Waals surface area (Å²) in [5, 5.41) is 0. The fourth-order valence-electron chi connectivity index (χ4n) is 17.4. The van der Waals surface area contributed by atoms with Crippen molar-refractivity contribution in [3.63, 3.8) is 0 Å². The van der Waals surface area contributed by atoms with E-state index in [1.165, 1.54) is 150 Å². The van der Waals surface area contributed by atoms with Crippen LogP contribution in [0.25, 0.3) is 22.3 Å². The third-order valence-electron chi connectivity index (χ3n) is 22.8. The smallest absolute Gasteiger partial charge is 0.252 e. The normalized spacial score (nSPS) is 22.7. The Morgan fingerprint density at radius 1 is 0.322 bits per heavy atom. The first-order valence-electron chi connectivity index (χ1n) is 32.8. The summed E-state index contributed by atoms with van der Waals surface area (Å²) in [6.07, 6.45) is 9.51. The van der Waals surface area contributed by atoms with Crippen molar-refractivity contribution in [2.45, 2.75) is 180 Å². The Hall–Kier alpha value is -7.76. The minimum Gasteiger partial charge on any atom is -0.334 e. The van der Waals surface area contributed by atoms with Crippen LogP contribution >= 0.6 is 0 Å². The first-order chi connectivity index (χ1) is 41.5. The summed E-state index contributed by atoms with van der Waals surface area (Å²) < 4.78 is 0. The van der Waals surface area contributed by atoms with Gasteiger partial charge in [0.1, 0.15) is 0 Å². The molecule has 0 saturated heterocycles. The van der Waals surface area contributed by atoms with Crippen LogP contribution in [0.2, 0.25) is 0 Å². The molecule has 2 fully saturated rings. The largest absolute Gasteiger partial charge is 0.334 e. The molecular formula is C82H87BN4. The van der Waals surface area contributed by atoms with Gasteiger partial charge in [-0.25, -0.2) is 0 Å². The maximum Gasteiger partial charge on any atom is 0.252 e. The molecule has 0 bridgehead atoms. The van der Waals surface area contributed by atoms with Gasteiger partial charge in [0.25, 0.3) is 6.71 Å². The van der Waals surface area contributed by atoms with Gasteiger partial charge >= 0.3 is 0 Å². The first-order valence-corrected chi connectivity index (χ1v) is 32.8. The molecule has 87 heavy (non-hydrogen) atoms. The number of benzene rings is 9. The zero-order chi connectivity index (χ0) is 60.4. The van der Waals surface area contributed by atoms with Gasteiger partial charge in [0.15, 0.2) is 0 Å². The molecule has 0 N–H and O–H groups in total. The van der Waals surface area contributed by atoms with E-state index in [-0.39, 0.29) is 44.9 Å². The van der Waals surface area contributed by atoms with Crippen LogP contribution in [0.1, 0.15) is 169 Å². The van der Waals surface area contributed by atoms with Crippen LogP contribution in [0, 0.1) is 0 Å². The number of anilines is 10. The van der Waals surface area contributed by atoms with E-state index in [0.29, 0.717) is 0 Å². The molecule has 4 heterocycles. The van der Waals surface area contributed by atoms with Crippen LogP contribution in [0.3, 0.4) is 0 Å². The highest BCUT2D eigenvalue weighted by atomic mass is 15.3. The first kappa shape index (κ1) is 55.8. The minimum absolute atomic E-state index is 0.00397. The SMILES string of the molecule is CC(C)(C)c1ccc(N2c3ccc(N4c5ccc(C(C)(C)C)cc5C5(C)CCCCC45C)cc3B3c4ccc(-c5ccccc5)cc4N(c4cccc(-c5ccccc5)c4)c4cc(N5c6ccc(C(C)(C)C)cc6C6(C)CCCCC56C)cc2c43)cc1. The standard InChI is InChI=1S/C82H87BN4/c1-76(2,3)58-32-36-61(37-33-58)84-71-42-38-63(86-69-40-34-59(77(4,5)6)49-65(69)79(10)43-20-22-45-81(79,86)12)51-68(71)83-67-39-31-57(55-27-18-15-19-28-55)48-72(67)85(62-30-24-29-56(47-62)54-25-16-14-17-26-54)74-53-64(52-73(84)75(74)83)87-70-41-35-60(78(7,8)9)50-66(70)80(11)44-21-23-46-82(80,87)13/h14-19,24-42,47-53H,20-23,43-46H2,1-13H3. The third-order valence-corrected chi connectivity index (χ3v) is 22.8. The lowest BCUT2D eigenvalue weighted by molar-refractivity contribution is 0.195. The summed E-state index contributed by atoms with van der Waals surface area (Å²) in [7, 11) is 0. The highest BCUT2D eigenvalue weighted by molar-refractivity contribution is 7.00. The lowest BCUT2D eigenvalue weighted by Gasteiger charge is -2.51. The highest BCUT2D eigenvalue weighted by Crippen LogP contribution is 2.64. The fraction of sp³-hybridized carbons (Fsp3) is 0.341. The Kier molecular flexibility index (Phi) is 12.4. The second-order valence-electron chi connectivity index (χ2n) is 30.9. The van der Waals surface area contributed by atoms with E-state index < -0.39 is 0 Å². The summed E-state index contributed by atoms with van der Waals surface area (Å²) >= 11 is 0. The van der Waals surface area contributed by atoms with Gasteiger partial charge in [0.05, 0.1) is 11.1 Å². The van der Waals surface area contributed by atoms with Gasteiger partial charge in [0.2, 0.25) is 0 Å². The molecule has 4 atom stereocenters. The maximum absolute atomic E-state index is 2.84. The van der Waals surface area contributed by atoms with E-state index in [4.69, 9.17) is 0 Å². The summed E-state index contributed by atoms with van der Waals surface area (Å²) in [5.41, 5.74) is 28.2. The van der Waals surface area contributed by atoms with Gasteiger partial charge in [0, 0.05) is 67.7 Å². The number of nitrogens with zero attached hydrogens (tertiary/aromatic N) is 4. The van der Waals surface area contributed by atoms with Crippen molar-refractivity contribution in [1.82, 2.24) is 0 Å². The second kappa shape index (κ2) is 19.4. The Morgan fingerprint density at radius 3 is 1.32 bits per heavy atom. The molecule has 6 aliphatic rings. The summed E-state index contributed by atoms with van der Waals surface area (Å²) in [6.45, 7) is 31.6. The molecule has 5 heteroatoms. The zero-order valence-corrected chi connectivity index (χ0v) is 54.0. The third kappa shape index (κ3) is 8.29. The maximum atomic E-state index is 2.84. The molecule has 0 spiro atoms. The van der Waals surface area contributed by atoms with Crippen molar-refractivity contribution < 1.29 is 0 Å². The average molecular weight is 1140 g/mol. The van der Waals surface area contributed by atoms with E-state index in [1.54, 1.807) is 0 Å². The topological polar surface area (TPSA) is 13.0 Å². The quantitative estimate of drug-likeness (QED) is 0.154. The van der Waals surface area contributed by atoms with Crippen molar-refractivity contribution in [3.8, 4) is 22.3 Å². The Balaban J connectivity index is 1.05. The van der Waals surface area contributed by atoms with Crippen LogP contribution in [-0.2, 0) is 27.1 Å². The molecule has 438 valence electrons. The number of hydrogen-bond donors (Lipinski definition) is 0. The van der Waals surface area contributed by atoms with E-state index in [9.17, 15) is 0 Å². The lowest BCUT2D eigenvalue weighted by atomic mass is 9.33. The molecule has 9 aromatic rings. The van der Waals surface area contributed by atoms with Crippen LogP contribution in [0.5, 0.6) is 0 Å². The summed E-state index contributed by atoms with van der Waals surface area (Å²) in [4.78, 5) is 11.0. The van der Waals surface area contributed by atoms with Gasteiger partial charge in [-0.2, -0.15) is 0 Å². The van der Waals surface area contributed by atoms with Crippen molar-refractivity contribution in [1.29, 1.82) is 0 Å². The van der Waals surface area contributed by atoms with Gasteiger partial charge < -0.3 is 19.6 Å². The Bertz CT molecular complexity index is 4220. The predicted octanol–water partition coefficient (Wildman–Crippen LogP) is 20.5. The van der Waals surface area contributed by atoms with Crippen LogP contribution in [0.4, 0.5) is 56.9 Å². The van der Waals surface area contributed by atoms with Crippen LogP contribution in [-0.4, -0.2) is 17.8 Å². The molecule has 0 aromatic heterocycles. The average Bonchev–Trinajstić information content (AvgIpc) is 1.70. The number of fused-ring (bicyclic) bond motifs is 10. The van der Waals surface area contributed by atoms with Gasteiger partial charge in [-0.1, -0.05) is 223 Å². The van der Waals surface area contributed by atoms with Gasteiger partial charge in [-0.3, -0.25) is 0 Å². The van der Waals surface area contributed by atoms with Crippen molar-refractivity contribution in [2.75, 3.05) is 19.6 Å². The molecule has 0 radical (unpaired) electrons. The molecule has 9 aromatic carbocycles. The number of hydrogen-bond acceptors (Lipinski definition) is 4. The molecule has 15 rings (SSSR count).